The number of ether oxygens (including phenoxy) is 3. The van der Waals surface area contributed by atoms with Crippen molar-refractivity contribution in [3.05, 3.63) is 23.8 Å². The molecule has 0 bridgehead atoms. The number of aliphatic hydroxyl groups is 1. The molecule has 0 saturated carbocycles. The summed E-state index contributed by atoms with van der Waals surface area (Å²) in [6.07, 6.45) is 0.729. The largest absolute Gasteiger partial charge is 0.454 e. The Morgan fingerprint density at radius 3 is 2.69 bits per heavy atom. The second-order valence-corrected chi connectivity index (χ2v) is 4.31. The standard InChI is InChI=1S/C12H14O4/c13-4-3-12(6-14-7-12)9-1-2-10-11(5-9)16-8-15-10/h1-2,5,13H,3-4,6-8H2. The molecule has 0 atom stereocenters. The van der Waals surface area contributed by atoms with Crippen LogP contribution in [0.25, 0.3) is 0 Å². The van der Waals surface area contributed by atoms with E-state index in [1.165, 1.54) is 0 Å². The smallest absolute Gasteiger partial charge is 0.231 e. The molecule has 2 heterocycles. The molecule has 2 aliphatic heterocycles. The Labute approximate surface area is 93.7 Å². The molecule has 1 N–H and O–H groups in total. The van der Waals surface area contributed by atoms with Gasteiger partial charge < -0.3 is 19.3 Å². The molecule has 1 aromatic rings. The number of hydrogen-bond acceptors (Lipinski definition) is 4. The normalized spacial score (nSPS) is 20.6. The predicted octanol–water partition coefficient (Wildman–Crippen LogP) is 1.07. The van der Waals surface area contributed by atoms with E-state index in [1.54, 1.807) is 0 Å². The van der Waals surface area contributed by atoms with Gasteiger partial charge in [0.15, 0.2) is 11.5 Å². The lowest BCUT2D eigenvalue weighted by molar-refractivity contribution is -0.0701. The van der Waals surface area contributed by atoms with Crippen LogP contribution in [0.4, 0.5) is 0 Å². The highest BCUT2D eigenvalue weighted by Crippen LogP contribution is 2.41. The molecule has 1 fully saturated rings. The van der Waals surface area contributed by atoms with Crippen molar-refractivity contribution in [3.8, 4) is 11.5 Å². The average molecular weight is 222 g/mol. The Kier molecular flexibility index (Phi) is 2.26. The van der Waals surface area contributed by atoms with E-state index in [0.29, 0.717) is 20.0 Å². The zero-order valence-corrected chi connectivity index (χ0v) is 8.94. The fourth-order valence-electron chi connectivity index (χ4n) is 2.24. The minimum atomic E-state index is -0.0320. The minimum absolute atomic E-state index is 0.0320. The van der Waals surface area contributed by atoms with E-state index in [4.69, 9.17) is 19.3 Å². The van der Waals surface area contributed by atoms with Crippen LogP contribution in [0, 0.1) is 0 Å². The summed E-state index contributed by atoms with van der Waals surface area (Å²) in [6, 6.07) is 5.96. The zero-order chi connectivity index (χ0) is 11.0. The van der Waals surface area contributed by atoms with Gasteiger partial charge in [0, 0.05) is 12.0 Å². The summed E-state index contributed by atoms with van der Waals surface area (Å²) >= 11 is 0. The fraction of sp³-hybridized carbons (Fsp3) is 0.500. The summed E-state index contributed by atoms with van der Waals surface area (Å²) in [6.45, 7) is 1.82. The van der Waals surface area contributed by atoms with Gasteiger partial charge in [-0.3, -0.25) is 0 Å². The van der Waals surface area contributed by atoms with Gasteiger partial charge in [-0.25, -0.2) is 0 Å². The SMILES string of the molecule is OCCC1(c2ccc3c(c2)OCO3)COC1. The number of aliphatic hydroxyl groups excluding tert-OH is 1. The molecule has 16 heavy (non-hydrogen) atoms. The van der Waals surface area contributed by atoms with Crippen molar-refractivity contribution in [1.82, 2.24) is 0 Å². The first kappa shape index (κ1) is 9.93. The summed E-state index contributed by atoms with van der Waals surface area (Å²) in [5, 5.41) is 9.11. The summed E-state index contributed by atoms with van der Waals surface area (Å²) in [5.41, 5.74) is 1.13. The third-order valence-electron chi connectivity index (χ3n) is 3.33. The molecule has 0 spiro atoms. The van der Waals surface area contributed by atoms with Crippen molar-refractivity contribution in [2.24, 2.45) is 0 Å². The van der Waals surface area contributed by atoms with Crippen molar-refractivity contribution in [2.75, 3.05) is 26.6 Å². The van der Waals surface area contributed by atoms with E-state index in [9.17, 15) is 0 Å². The molecule has 1 saturated heterocycles. The van der Waals surface area contributed by atoms with Crippen LogP contribution in [-0.2, 0) is 10.2 Å². The van der Waals surface area contributed by atoms with Crippen molar-refractivity contribution in [3.63, 3.8) is 0 Å². The molecule has 0 radical (unpaired) electrons. The van der Waals surface area contributed by atoms with Crippen LogP contribution < -0.4 is 9.47 Å². The van der Waals surface area contributed by atoms with Gasteiger partial charge in [-0.1, -0.05) is 6.07 Å². The first-order chi connectivity index (χ1) is 7.84. The minimum Gasteiger partial charge on any atom is -0.454 e. The molecule has 0 aliphatic carbocycles. The molecule has 0 aromatic heterocycles. The first-order valence-electron chi connectivity index (χ1n) is 5.43. The lowest BCUT2D eigenvalue weighted by Gasteiger charge is -2.41. The number of fused-ring (bicyclic) bond motifs is 1. The van der Waals surface area contributed by atoms with Gasteiger partial charge in [0.25, 0.3) is 0 Å². The highest BCUT2D eigenvalue weighted by molar-refractivity contribution is 5.47. The Balaban J connectivity index is 1.93. The summed E-state index contributed by atoms with van der Waals surface area (Å²) in [4.78, 5) is 0. The number of hydrogen-bond donors (Lipinski definition) is 1. The second kappa shape index (κ2) is 3.64. The van der Waals surface area contributed by atoms with Crippen molar-refractivity contribution < 1.29 is 19.3 Å². The maximum atomic E-state index is 9.11. The summed E-state index contributed by atoms with van der Waals surface area (Å²) < 4.78 is 15.9. The van der Waals surface area contributed by atoms with E-state index in [0.717, 1.165) is 23.5 Å². The van der Waals surface area contributed by atoms with Crippen molar-refractivity contribution in [2.45, 2.75) is 11.8 Å². The zero-order valence-electron chi connectivity index (χ0n) is 8.94. The molecule has 1 aromatic carbocycles. The number of rotatable bonds is 3. The Morgan fingerprint density at radius 1 is 1.19 bits per heavy atom. The Bertz CT molecular complexity index is 398. The first-order valence-corrected chi connectivity index (χ1v) is 5.43. The quantitative estimate of drug-likeness (QED) is 0.831. The van der Waals surface area contributed by atoms with Gasteiger partial charge in [-0.2, -0.15) is 0 Å². The van der Waals surface area contributed by atoms with Gasteiger partial charge in [0.2, 0.25) is 6.79 Å². The van der Waals surface area contributed by atoms with Crippen LogP contribution in [0.15, 0.2) is 18.2 Å². The van der Waals surface area contributed by atoms with Gasteiger partial charge in [-0.15, -0.1) is 0 Å². The van der Waals surface area contributed by atoms with E-state index in [1.807, 2.05) is 18.2 Å². The van der Waals surface area contributed by atoms with E-state index in [2.05, 4.69) is 0 Å². The lowest BCUT2D eigenvalue weighted by atomic mass is 9.76. The Hall–Kier alpha value is -1.26. The highest BCUT2D eigenvalue weighted by atomic mass is 16.7. The van der Waals surface area contributed by atoms with Gasteiger partial charge in [0.05, 0.1) is 13.2 Å². The lowest BCUT2D eigenvalue weighted by Crippen LogP contribution is -2.47. The van der Waals surface area contributed by atoms with Crippen LogP contribution in [0.2, 0.25) is 0 Å². The maximum absolute atomic E-state index is 9.11. The molecular weight excluding hydrogens is 208 g/mol. The predicted molar refractivity (Wildman–Crippen MR) is 56.8 cm³/mol. The van der Waals surface area contributed by atoms with Crippen LogP contribution in [0.3, 0.4) is 0 Å². The molecule has 86 valence electrons. The molecule has 4 nitrogen and oxygen atoms in total. The van der Waals surface area contributed by atoms with Crippen LogP contribution in [-0.4, -0.2) is 31.7 Å². The molecule has 0 unspecified atom stereocenters. The van der Waals surface area contributed by atoms with E-state index < -0.39 is 0 Å². The molecular formula is C12H14O4. The fourth-order valence-corrected chi connectivity index (χ4v) is 2.24. The van der Waals surface area contributed by atoms with Crippen LogP contribution >= 0.6 is 0 Å². The van der Waals surface area contributed by atoms with Crippen molar-refractivity contribution >= 4 is 0 Å². The average Bonchev–Trinajstić information content (AvgIpc) is 2.70. The van der Waals surface area contributed by atoms with Crippen LogP contribution in [0.5, 0.6) is 11.5 Å². The van der Waals surface area contributed by atoms with Gasteiger partial charge in [0.1, 0.15) is 0 Å². The van der Waals surface area contributed by atoms with E-state index in [-0.39, 0.29) is 12.0 Å². The second-order valence-electron chi connectivity index (χ2n) is 4.31. The molecule has 3 rings (SSSR count). The third-order valence-corrected chi connectivity index (χ3v) is 3.33. The van der Waals surface area contributed by atoms with Gasteiger partial charge >= 0.3 is 0 Å². The topological polar surface area (TPSA) is 47.9 Å². The van der Waals surface area contributed by atoms with Crippen LogP contribution in [0.1, 0.15) is 12.0 Å². The van der Waals surface area contributed by atoms with Gasteiger partial charge in [-0.05, 0) is 24.1 Å². The maximum Gasteiger partial charge on any atom is 0.231 e. The number of benzene rings is 1. The van der Waals surface area contributed by atoms with E-state index >= 15 is 0 Å². The highest BCUT2D eigenvalue weighted by Gasteiger charge is 2.40. The monoisotopic (exact) mass is 222 g/mol. The Morgan fingerprint density at radius 2 is 2.00 bits per heavy atom. The van der Waals surface area contributed by atoms with Crippen molar-refractivity contribution in [1.29, 1.82) is 0 Å². The molecule has 4 heteroatoms. The third kappa shape index (κ3) is 1.37. The summed E-state index contributed by atoms with van der Waals surface area (Å²) in [7, 11) is 0. The molecule has 2 aliphatic rings. The summed E-state index contributed by atoms with van der Waals surface area (Å²) in [5.74, 6) is 1.59. The molecule has 0 amide bonds.